The van der Waals surface area contributed by atoms with Crippen molar-refractivity contribution in [2.24, 2.45) is 29.1 Å². The van der Waals surface area contributed by atoms with Crippen molar-refractivity contribution in [3.05, 3.63) is 96.2 Å². The van der Waals surface area contributed by atoms with Crippen molar-refractivity contribution in [2.75, 3.05) is 20.3 Å². The minimum atomic E-state index is -0.867. The van der Waals surface area contributed by atoms with E-state index in [-0.39, 0.29) is 25.1 Å². The van der Waals surface area contributed by atoms with Crippen molar-refractivity contribution in [2.45, 2.75) is 84.2 Å². The predicted molar refractivity (Wildman–Crippen MR) is 191 cm³/mol. The Morgan fingerprint density at radius 2 is 1.94 bits per heavy atom. The molecule has 2 aromatic rings. The molecule has 4 fully saturated rings. The van der Waals surface area contributed by atoms with Crippen molar-refractivity contribution in [3.63, 3.8) is 0 Å². The Balaban J connectivity index is 1.32. The smallest absolute Gasteiger partial charge is 0.240 e. The van der Waals surface area contributed by atoms with Crippen LogP contribution in [0.2, 0.25) is 0 Å². The van der Waals surface area contributed by atoms with Crippen LogP contribution in [0.3, 0.4) is 0 Å². The number of aryl methyl sites for hydroxylation is 1. The van der Waals surface area contributed by atoms with Crippen molar-refractivity contribution in [1.29, 1.82) is 0 Å². The maximum absolute atomic E-state index is 14.1. The molecule has 0 aromatic heterocycles. The Kier molecular flexibility index (Phi) is 11.5. The van der Waals surface area contributed by atoms with Crippen molar-refractivity contribution >= 4 is 11.5 Å². The second kappa shape index (κ2) is 15.4. The number of nitrogens with zero attached hydrogens (tertiary/aromatic N) is 1. The molecule has 3 saturated carbocycles. The number of para-hydroxylation sites is 1. The summed E-state index contributed by atoms with van der Waals surface area (Å²) in [6, 6.07) is 15.6. The van der Waals surface area contributed by atoms with Gasteiger partial charge in [0.1, 0.15) is 17.9 Å². The van der Waals surface area contributed by atoms with E-state index < -0.39 is 24.2 Å². The largest absolute Gasteiger partial charge is 0.496 e. The maximum Gasteiger partial charge on any atom is 0.240 e. The summed E-state index contributed by atoms with van der Waals surface area (Å²) in [5, 5.41) is 29.5. The number of fused-ring (bicyclic) bond motifs is 2. The third-order valence-electron chi connectivity index (χ3n) is 11.4. The standard InChI is InChI=1S/C40H55N3O5/c1-8-29(20-25(2)41-19-13-16-28-14-10-9-11-15-28)32-18-12-17-30(38(32)47-7)23-43-37(36(27(4)45)35(24-44)48-43)39(46)42-34-22-31-21-33(26(34)3)40(31,5)6/h8-12,14-15,17-18,20,26-27,31,33-37,41,44-45H,1-2,13,16,19,21-24H2,3-7H3,(H,42,46)/t26-,27-,31+,33-,34-,35-,36-,37-/m0/s1. The fourth-order valence-electron chi connectivity index (χ4n) is 8.50. The molecule has 0 radical (unpaired) electrons. The summed E-state index contributed by atoms with van der Waals surface area (Å²) in [7, 11) is 1.63. The van der Waals surface area contributed by atoms with Gasteiger partial charge >= 0.3 is 0 Å². The van der Waals surface area contributed by atoms with E-state index in [4.69, 9.17) is 9.57 Å². The van der Waals surface area contributed by atoms with Crippen LogP contribution in [0.1, 0.15) is 63.6 Å². The van der Waals surface area contributed by atoms with Gasteiger partial charge in [-0.1, -0.05) is 88.5 Å². The van der Waals surface area contributed by atoms with Crippen LogP contribution in [0.25, 0.3) is 5.57 Å². The van der Waals surface area contributed by atoms with Crippen LogP contribution in [-0.2, 0) is 22.6 Å². The lowest BCUT2D eigenvalue weighted by atomic mass is 9.45. The average Bonchev–Trinajstić information content (AvgIpc) is 3.45. The van der Waals surface area contributed by atoms with Crippen LogP contribution in [0.15, 0.2) is 79.5 Å². The lowest BCUT2D eigenvalue weighted by Gasteiger charge is -2.62. The highest BCUT2D eigenvalue weighted by molar-refractivity contribution is 5.83. The Morgan fingerprint density at radius 1 is 1.19 bits per heavy atom. The first-order valence-electron chi connectivity index (χ1n) is 17.5. The number of hydroxylamine groups is 2. The first-order valence-corrected chi connectivity index (χ1v) is 17.5. The number of allylic oxidation sites excluding steroid dienone is 3. The first-order chi connectivity index (χ1) is 23.0. The van der Waals surface area contributed by atoms with Gasteiger partial charge in [0.05, 0.1) is 26.4 Å². The van der Waals surface area contributed by atoms with Crippen molar-refractivity contribution < 1.29 is 24.6 Å². The number of benzene rings is 2. The zero-order valence-corrected chi connectivity index (χ0v) is 29.3. The van der Waals surface area contributed by atoms with Crippen molar-refractivity contribution in [1.82, 2.24) is 15.7 Å². The van der Waals surface area contributed by atoms with Gasteiger partial charge in [-0.25, -0.2) is 0 Å². The SMILES string of the molecule is C=CC(=CC(=C)NCCCc1ccccc1)c1cccc(CN2O[C@@H](CO)[C@H]([C@H](C)O)[C@H]2C(=O)N[C@H]2C[C@H]3C[C@@H]([C@@H]2C)C3(C)C)c1OC. The quantitative estimate of drug-likeness (QED) is 0.145. The summed E-state index contributed by atoms with van der Waals surface area (Å²) >= 11 is 0. The summed E-state index contributed by atoms with van der Waals surface area (Å²) < 4.78 is 5.97. The third kappa shape index (κ3) is 7.42. The van der Waals surface area contributed by atoms with E-state index in [9.17, 15) is 15.0 Å². The van der Waals surface area contributed by atoms with Crippen LogP contribution >= 0.6 is 0 Å². The highest BCUT2D eigenvalue weighted by Gasteiger charge is 2.57. The van der Waals surface area contributed by atoms with E-state index in [1.807, 2.05) is 30.3 Å². The molecule has 0 unspecified atom stereocenters. The number of methoxy groups -OCH3 is 1. The topological polar surface area (TPSA) is 103 Å². The number of aliphatic hydroxyl groups is 2. The second-order valence-corrected chi connectivity index (χ2v) is 14.6. The molecule has 1 amide bonds. The van der Waals surface area contributed by atoms with Gasteiger partial charge < -0.3 is 25.6 Å². The Morgan fingerprint density at radius 3 is 2.56 bits per heavy atom. The van der Waals surface area contributed by atoms with Gasteiger partial charge in [0.25, 0.3) is 0 Å². The second-order valence-electron chi connectivity index (χ2n) is 14.6. The Bertz CT molecular complexity index is 1470. The number of carbonyl (C=O) groups is 1. The molecule has 1 heterocycles. The van der Waals surface area contributed by atoms with E-state index in [2.05, 4.69) is 68.8 Å². The molecule has 4 aliphatic rings. The fourth-order valence-corrected chi connectivity index (χ4v) is 8.50. The molecular formula is C40H55N3O5. The minimum Gasteiger partial charge on any atom is -0.496 e. The molecule has 4 N–H and O–H groups in total. The number of ether oxygens (including phenoxy) is 1. The fraction of sp³-hybridized carbons (Fsp3) is 0.525. The predicted octanol–water partition coefficient (Wildman–Crippen LogP) is 5.66. The number of aliphatic hydroxyl groups excluding tert-OH is 2. The molecule has 48 heavy (non-hydrogen) atoms. The molecule has 1 aliphatic heterocycles. The number of amides is 1. The molecule has 2 aromatic carbocycles. The molecule has 8 nitrogen and oxygen atoms in total. The number of nitrogens with one attached hydrogen (secondary N) is 2. The number of hydrogen-bond acceptors (Lipinski definition) is 7. The van der Waals surface area contributed by atoms with Gasteiger partial charge in [-0.3, -0.25) is 9.63 Å². The van der Waals surface area contributed by atoms with Gasteiger partial charge in [0.15, 0.2) is 0 Å². The molecule has 260 valence electrons. The molecular weight excluding hydrogens is 602 g/mol. The molecule has 8 atom stereocenters. The van der Waals surface area contributed by atoms with E-state index in [0.29, 0.717) is 28.9 Å². The lowest BCUT2D eigenvalue weighted by Crippen LogP contribution is -2.62. The minimum absolute atomic E-state index is 0.0668. The van der Waals surface area contributed by atoms with Gasteiger partial charge in [-0.15, -0.1) is 0 Å². The monoisotopic (exact) mass is 657 g/mol. The molecule has 8 heteroatoms. The normalized spacial score (nSPS) is 28.6. The number of carbonyl (C=O) groups excluding carboxylic acids is 1. The summed E-state index contributed by atoms with van der Waals surface area (Å²) in [6.45, 7) is 17.6. The van der Waals surface area contributed by atoms with Crippen LogP contribution in [-0.4, -0.2) is 65.7 Å². The van der Waals surface area contributed by atoms with Crippen LogP contribution in [0.5, 0.6) is 5.75 Å². The summed E-state index contributed by atoms with van der Waals surface area (Å²) in [5.41, 5.74) is 4.87. The van der Waals surface area contributed by atoms with Gasteiger partial charge in [0.2, 0.25) is 5.91 Å². The number of rotatable bonds is 15. The lowest BCUT2D eigenvalue weighted by molar-refractivity contribution is -0.183. The Hall–Kier alpha value is -3.43. The zero-order valence-electron chi connectivity index (χ0n) is 29.3. The van der Waals surface area contributed by atoms with Crippen molar-refractivity contribution in [3.8, 4) is 5.75 Å². The van der Waals surface area contributed by atoms with E-state index >= 15 is 0 Å². The van der Waals surface area contributed by atoms with Crippen LogP contribution in [0.4, 0.5) is 0 Å². The zero-order chi connectivity index (χ0) is 34.6. The van der Waals surface area contributed by atoms with E-state index in [1.54, 1.807) is 25.2 Å². The molecule has 1 saturated heterocycles. The highest BCUT2D eigenvalue weighted by Crippen LogP contribution is 2.61. The Labute approximate surface area is 286 Å². The van der Waals surface area contributed by atoms with Crippen LogP contribution < -0.4 is 15.4 Å². The van der Waals surface area contributed by atoms with Crippen LogP contribution in [0, 0.1) is 29.1 Å². The molecule has 3 aliphatic carbocycles. The van der Waals surface area contributed by atoms with Gasteiger partial charge in [0, 0.05) is 35.3 Å². The van der Waals surface area contributed by atoms with E-state index in [1.165, 1.54) is 12.0 Å². The summed E-state index contributed by atoms with van der Waals surface area (Å²) in [6.07, 6.45) is 6.29. The summed E-state index contributed by atoms with van der Waals surface area (Å²) in [5.74, 6) is 1.38. The molecule has 6 rings (SSSR count). The summed E-state index contributed by atoms with van der Waals surface area (Å²) in [4.78, 5) is 20.3. The molecule has 0 spiro atoms. The first kappa shape index (κ1) is 35.9. The molecule has 2 bridgehead atoms. The maximum atomic E-state index is 14.1. The third-order valence-corrected chi connectivity index (χ3v) is 11.4. The van der Waals surface area contributed by atoms with Gasteiger partial charge in [-0.05, 0) is 73.0 Å². The number of hydrogen-bond donors (Lipinski definition) is 4. The van der Waals surface area contributed by atoms with Gasteiger partial charge in [-0.2, -0.15) is 5.06 Å². The highest BCUT2D eigenvalue weighted by atomic mass is 16.7. The van der Waals surface area contributed by atoms with E-state index in [0.717, 1.165) is 48.2 Å². The average molecular weight is 658 g/mol.